The molecule has 5 aliphatic rings. The van der Waals surface area contributed by atoms with E-state index in [0.29, 0.717) is 65.2 Å². The summed E-state index contributed by atoms with van der Waals surface area (Å²) in [4.78, 5) is 108. The molecule has 4 saturated heterocycles. The number of likely N-dealkylation sites (tertiary alicyclic amines) is 1. The van der Waals surface area contributed by atoms with Crippen molar-refractivity contribution in [1.29, 1.82) is 0 Å². The molecule has 2 aromatic carbocycles. The lowest BCUT2D eigenvalue weighted by Crippen LogP contribution is -2.54. The first-order valence-electron chi connectivity index (χ1n) is 22.5. The number of likely N-dealkylation sites (N-methyl/N-ethyl adjacent to an activating group) is 1. The number of nitrogens with zero attached hydrogens (tertiary/aromatic N) is 8. The molecule has 1 unspecified atom stereocenters. The number of carbonyl (C=O) groups is 6. The second-order valence-electron chi connectivity index (χ2n) is 17.6. The monoisotopic (exact) mass is 921 g/mol. The van der Waals surface area contributed by atoms with Crippen molar-refractivity contribution >= 4 is 81.1 Å². The number of hydrogen-bond acceptors (Lipinski definition) is 14. The summed E-state index contributed by atoms with van der Waals surface area (Å²) < 4.78 is 6.97. The summed E-state index contributed by atoms with van der Waals surface area (Å²) in [5.74, 6) is -0.753. The number of amides is 6. The Labute approximate surface area is 385 Å². The van der Waals surface area contributed by atoms with Crippen molar-refractivity contribution in [3.05, 3.63) is 75.2 Å². The number of hydrogen-bond donors (Lipinski definition) is 3. The predicted octanol–water partition coefficient (Wildman–Crippen LogP) is 2.53. The van der Waals surface area contributed by atoms with E-state index in [-0.39, 0.29) is 59.6 Å². The number of rotatable bonds is 11. The number of benzene rings is 2. The molecule has 0 aliphatic carbocycles. The number of ether oxygens (including phenoxy) is 1. The average Bonchev–Trinajstić information content (AvgIpc) is 3.58. The fourth-order valence-corrected chi connectivity index (χ4v) is 9.85. The molecular weight excluding hydrogens is 870 g/mol. The molecule has 66 heavy (non-hydrogen) atoms. The number of piperazine rings is 1. The van der Waals surface area contributed by atoms with Crippen LogP contribution in [0.1, 0.15) is 59.2 Å². The molecule has 9 rings (SSSR count). The highest BCUT2D eigenvalue weighted by molar-refractivity contribution is 6.33. The van der Waals surface area contributed by atoms with Gasteiger partial charge < -0.3 is 34.6 Å². The van der Waals surface area contributed by atoms with Gasteiger partial charge in [0.05, 0.1) is 22.8 Å². The Bertz CT molecular complexity index is 2670. The van der Waals surface area contributed by atoms with Crippen molar-refractivity contribution in [3.8, 4) is 5.75 Å². The van der Waals surface area contributed by atoms with Crippen LogP contribution < -0.4 is 36.0 Å². The zero-order chi connectivity index (χ0) is 46.2. The van der Waals surface area contributed by atoms with Gasteiger partial charge in [-0.2, -0.15) is 4.98 Å². The van der Waals surface area contributed by atoms with Gasteiger partial charge in [0.1, 0.15) is 11.1 Å². The molecule has 4 fully saturated rings. The fraction of sp³-hybridized carbons (Fsp3) is 0.457. The lowest BCUT2D eigenvalue weighted by Gasteiger charge is -2.40. The number of anilines is 4. The van der Waals surface area contributed by atoms with Crippen molar-refractivity contribution in [1.82, 2.24) is 39.9 Å². The maximum absolute atomic E-state index is 13.7. The number of pyridine rings is 1. The third kappa shape index (κ3) is 9.00. The summed E-state index contributed by atoms with van der Waals surface area (Å²) in [5, 5.41) is 9.04. The van der Waals surface area contributed by atoms with E-state index in [1.807, 2.05) is 29.2 Å². The Morgan fingerprint density at radius 3 is 2.32 bits per heavy atom. The van der Waals surface area contributed by atoms with Gasteiger partial charge in [-0.15, -0.1) is 0 Å². The molecule has 20 heteroatoms. The number of piperidine rings is 3. The smallest absolute Gasteiger partial charge is 0.293 e. The van der Waals surface area contributed by atoms with E-state index in [1.165, 1.54) is 11.6 Å². The summed E-state index contributed by atoms with van der Waals surface area (Å²) in [6.07, 6.45) is 5.05. The van der Waals surface area contributed by atoms with Crippen LogP contribution in [0.3, 0.4) is 0 Å². The molecule has 2 aromatic heterocycles. The van der Waals surface area contributed by atoms with Crippen LogP contribution >= 0.6 is 11.6 Å². The minimum absolute atomic E-state index is 0.0589. The lowest BCUT2D eigenvalue weighted by atomic mass is 9.91. The van der Waals surface area contributed by atoms with Gasteiger partial charge in [0.15, 0.2) is 18.2 Å². The Morgan fingerprint density at radius 2 is 1.59 bits per heavy atom. The molecule has 5 aliphatic heterocycles. The summed E-state index contributed by atoms with van der Waals surface area (Å²) in [6.45, 7) is 6.66. The highest BCUT2D eigenvalue weighted by Gasteiger charge is 2.45. The van der Waals surface area contributed by atoms with Crippen LogP contribution in [0.15, 0.2) is 53.5 Å². The van der Waals surface area contributed by atoms with E-state index in [0.717, 1.165) is 69.2 Å². The number of imide groups is 2. The van der Waals surface area contributed by atoms with E-state index >= 15 is 0 Å². The number of fused-ring (bicyclic) bond motifs is 2. The molecule has 19 nitrogen and oxygen atoms in total. The Morgan fingerprint density at radius 1 is 0.848 bits per heavy atom. The van der Waals surface area contributed by atoms with Crippen molar-refractivity contribution in [3.63, 3.8) is 0 Å². The quantitative estimate of drug-likeness (QED) is 0.185. The molecule has 3 N–H and O–H groups in total. The second kappa shape index (κ2) is 18.7. The van der Waals surface area contributed by atoms with Gasteiger partial charge in [-0.05, 0) is 80.5 Å². The van der Waals surface area contributed by atoms with Gasteiger partial charge in [-0.25, -0.2) is 4.98 Å². The fourth-order valence-electron chi connectivity index (χ4n) is 9.71. The number of halogens is 1. The van der Waals surface area contributed by atoms with Gasteiger partial charge in [-0.1, -0.05) is 11.6 Å². The Hall–Kier alpha value is -6.60. The molecule has 6 amide bonds. The zero-order valence-corrected chi connectivity index (χ0v) is 37.6. The third-order valence-electron chi connectivity index (χ3n) is 13.6. The van der Waals surface area contributed by atoms with E-state index < -0.39 is 29.7 Å². The van der Waals surface area contributed by atoms with Gasteiger partial charge in [0, 0.05) is 102 Å². The third-order valence-corrected chi connectivity index (χ3v) is 13.8. The van der Waals surface area contributed by atoms with E-state index in [1.54, 1.807) is 31.4 Å². The standard InChI is InChI=1S/C46H52ClN11O8/c1-48-39(60)26-66-37-22-29-21-30(3-6-35(29)53(2)45(37)65)50-40-34(47)24-49-46(52-40)57-15-11-28(12-16-57)42(62)56-13-9-27(10-14-56)25-54-17-19-55(20-18-54)31-4-5-32-33(23-31)44(64)58(43(32)63)36-7-8-38(59)51-41(36)61/h3-6,21-24,27-28,36H,7-20,25-26H2,1-2H3,(H,48,60)(H,49,50,52)(H,51,59,61). The van der Waals surface area contributed by atoms with Gasteiger partial charge in [0.25, 0.3) is 23.3 Å². The minimum Gasteiger partial charge on any atom is -0.478 e. The normalized spacial score (nSPS) is 19.9. The number of aromatic nitrogens is 3. The molecule has 1 atom stereocenters. The average molecular weight is 922 g/mol. The van der Waals surface area contributed by atoms with Crippen LogP contribution in [0, 0.1) is 11.8 Å². The maximum atomic E-state index is 13.7. The summed E-state index contributed by atoms with van der Waals surface area (Å²) in [5.41, 5.74) is 2.42. The Balaban J connectivity index is 0.727. The number of nitrogens with one attached hydrogen (secondary N) is 3. The first kappa shape index (κ1) is 44.6. The van der Waals surface area contributed by atoms with E-state index in [2.05, 4.69) is 35.6 Å². The zero-order valence-electron chi connectivity index (χ0n) is 36.9. The maximum Gasteiger partial charge on any atom is 0.293 e. The molecule has 0 spiro atoms. The molecule has 4 aromatic rings. The van der Waals surface area contributed by atoms with Gasteiger partial charge >= 0.3 is 0 Å². The minimum atomic E-state index is -0.991. The lowest BCUT2D eigenvalue weighted by molar-refractivity contribution is -0.138. The predicted molar refractivity (Wildman–Crippen MR) is 245 cm³/mol. The summed E-state index contributed by atoms with van der Waals surface area (Å²) >= 11 is 6.56. The van der Waals surface area contributed by atoms with Gasteiger partial charge in [0.2, 0.25) is 23.7 Å². The van der Waals surface area contributed by atoms with Crippen molar-refractivity contribution in [2.75, 3.05) is 87.7 Å². The van der Waals surface area contributed by atoms with E-state index in [9.17, 15) is 33.6 Å². The summed E-state index contributed by atoms with van der Waals surface area (Å²) in [6, 6.07) is 11.4. The van der Waals surface area contributed by atoms with Crippen LogP contribution in [0.2, 0.25) is 5.02 Å². The molecule has 0 saturated carbocycles. The van der Waals surface area contributed by atoms with Crippen LogP contribution in [0.5, 0.6) is 5.75 Å². The summed E-state index contributed by atoms with van der Waals surface area (Å²) in [7, 11) is 3.14. The van der Waals surface area contributed by atoms with Crippen LogP contribution in [0.4, 0.5) is 23.1 Å². The van der Waals surface area contributed by atoms with Crippen molar-refractivity contribution in [2.24, 2.45) is 18.9 Å². The largest absolute Gasteiger partial charge is 0.478 e. The first-order chi connectivity index (χ1) is 31.8. The molecular formula is C46H52ClN11O8. The van der Waals surface area contributed by atoms with Crippen LogP contribution in [-0.4, -0.2) is 143 Å². The van der Waals surface area contributed by atoms with Crippen molar-refractivity contribution < 1.29 is 33.5 Å². The van der Waals surface area contributed by atoms with Crippen LogP contribution in [0.25, 0.3) is 10.9 Å². The highest BCUT2D eigenvalue weighted by atomic mass is 35.5. The molecule has 0 bridgehead atoms. The molecule has 0 radical (unpaired) electrons. The highest BCUT2D eigenvalue weighted by Crippen LogP contribution is 2.33. The number of carbonyl (C=O) groups excluding carboxylic acids is 6. The first-order valence-corrected chi connectivity index (χ1v) is 22.9. The Kier molecular flexibility index (Phi) is 12.6. The van der Waals surface area contributed by atoms with Crippen LogP contribution in [-0.2, 0) is 26.2 Å². The van der Waals surface area contributed by atoms with E-state index in [4.69, 9.17) is 21.3 Å². The second-order valence-corrected chi connectivity index (χ2v) is 18.0. The van der Waals surface area contributed by atoms with Gasteiger partial charge in [-0.3, -0.25) is 48.7 Å². The van der Waals surface area contributed by atoms with Crippen molar-refractivity contribution in [2.45, 2.75) is 44.6 Å². The number of aryl methyl sites for hydroxylation is 1. The molecule has 7 heterocycles. The topological polar surface area (TPSA) is 212 Å². The molecule has 346 valence electrons. The SMILES string of the molecule is CNC(=O)COc1cc2cc(Nc3nc(N4CCC(C(=O)N5CCC(CN6CCN(c7ccc8c(c7)C(=O)N(C7CCC(=O)NC7=O)C8=O)CC6)CC5)CC4)ncc3Cl)ccc2n(C)c1=O.